The molecular formula is C18H19N. The number of piperidine rings is 1. The Labute approximate surface area is 114 Å². The molecule has 2 aliphatic rings. The van der Waals surface area contributed by atoms with Crippen LogP contribution in [0, 0.1) is 5.92 Å². The highest BCUT2D eigenvalue weighted by atomic mass is 15.3. The topological polar surface area (TPSA) is 3.24 Å². The Morgan fingerprint density at radius 1 is 0.842 bits per heavy atom. The van der Waals surface area contributed by atoms with E-state index in [1.807, 2.05) is 0 Å². The van der Waals surface area contributed by atoms with Crippen molar-refractivity contribution in [1.82, 2.24) is 4.90 Å². The maximum Gasteiger partial charge on any atom is 0.0357 e. The molecule has 1 heteroatoms. The van der Waals surface area contributed by atoms with E-state index in [1.165, 1.54) is 24.0 Å². The zero-order valence-electron chi connectivity index (χ0n) is 11.1. The predicted molar refractivity (Wildman–Crippen MR) is 77.7 cm³/mol. The van der Waals surface area contributed by atoms with Gasteiger partial charge in [0.15, 0.2) is 0 Å². The van der Waals surface area contributed by atoms with Crippen LogP contribution in [-0.2, 0) is 6.54 Å². The highest BCUT2D eigenvalue weighted by Crippen LogP contribution is 2.53. The molecule has 0 spiro atoms. The van der Waals surface area contributed by atoms with Crippen LogP contribution in [0.25, 0.3) is 0 Å². The second kappa shape index (κ2) is 4.50. The van der Waals surface area contributed by atoms with Crippen LogP contribution >= 0.6 is 0 Å². The van der Waals surface area contributed by atoms with Gasteiger partial charge in [-0.1, -0.05) is 60.7 Å². The van der Waals surface area contributed by atoms with Gasteiger partial charge in [0.1, 0.15) is 0 Å². The average Bonchev–Trinajstić information content (AvgIpc) is 3.17. The number of hydrogen-bond donors (Lipinski definition) is 0. The fourth-order valence-corrected chi connectivity index (χ4v) is 3.57. The van der Waals surface area contributed by atoms with Crippen molar-refractivity contribution in [3.63, 3.8) is 0 Å². The molecule has 0 amide bonds. The van der Waals surface area contributed by atoms with Crippen molar-refractivity contribution in [1.29, 1.82) is 0 Å². The van der Waals surface area contributed by atoms with Crippen molar-refractivity contribution in [2.75, 3.05) is 0 Å². The quantitative estimate of drug-likeness (QED) is 0.794. The van der Waals surface area contributed by atoms with Crippen LogP contribution < -0.4 is 0 Å². The van der Waals surface area contributed by atoms with Crippen LogP contribution in [0.1, 0.15) is 30.0 Å². The standard InChI is InChI=1S/C18H19N/c1-3-7-14(8-4-1)13-19-17(11-16-12-18(16)19)15-9-5-2-6-10-15/h1-10,16-18H,11-13H2/t16-,17-,18+/m0/s1. The molecule has 4 rings (SSSR count). The highest BCUT2D eigenvalue weighted by Gasteiger charge is 2.51. The first-order valence-corrected chi connectivity index (χ1v) is 7.26. The lowest BCUT2D eigenvalue weighted by Crippen LogP contribution is -2.26. The normalized spacial score (nSPS) is 29.2. The summed E-state index contributed by atoms with van der Waals surface area (Å²) in [6, 6.07) is 23.4. The molecule has 1 saturated carbocycles. The molecular weight excluding hydrogens is 230 g/mol. The molecule has 2 fully saturated rings. The summed E-state index contributed by atoms with van der Waals surface area (Å²) >= 11 is 0. The third kappa shape index (κ3) is 2.08. The van der Waals surface area contributed by atoms with E-state index in [9.17, 15) is 0 Å². The Morgan fingerprint density at radius 2 is 1.53 bits per heavy atom. The van der Waals surface area contributed by atoms with Gasteiger partial charge in [0.05, 0.1) is 0 Å². The summed E-state index contributed by atoms with van der Waals surface area (Å²) in [5.74, 6) is 0.953. The first-order valence-electron chi connectivity index (χ1n) is 7.26. The summed E-state index contributed by atoms with van der Waals surface area (Å²) in [7, 11) is 0. The van der Waals surface area contributed by atoms with Gasteiger partial charge >= 0.3 is 0 Å². The van der Waals surface area contributed by atoms with Gasteiger partial charge in [0.25, 0.3) is 0 Å². The second-order valence-electron chi connectivity index (χ2n) is 5.88. The Hall–Kier alpha value is -1.60. The van der Waals surface area contributed by atoms with Gasteiger partial charge in [-0.05, 0) is 29.9 Å². The average molecular weight is 249 g/mol. The van der Waals surface area contributed by atoms with Crippen LogP contribution in [0.15, 0.2) is 60.7 Å². The lowest BCUT2D eigenvalue weighted by molar-refractivity contribution is 0.210. The van der Waals surface area contributed by atoms with Crippen LogP contribution in [0.3, 0.4) is 0 Å². The molecule has 1 nitrogen and oxygen atoms in total. The smallest absolute Gasteiger partial charge is 0.0357 e. The monoisotopic (exact) mass is 249 g/mol. The minimum absolute atomic E-state index is 0.630. The first-order chi connectivity index (χ1) is 9.42. The molecule has 1 aliphatic heterocycles. The van der Waals surface area contributed by atoms with Crippen molar-refractivity contribution in [2.45, 2.75) is 31.5 Å². The number of nitrogens with zero attached hydrogens (tertiary/aromatic N) is 1. The maximum atomic E-state index is 2.72. The number of hydrogen-bond acceptors (Lipinski definition) is 1. The molecule has 1 aliphatic carbocycles. The summed E-state index contributed by atoms with van der Waals surface area (Å²) in [6.45, 7) is 1.10. The summed E-state index contributed by atoms with van der Waals surface area (Å²) in [6.07, 6.45) is 2.76. The molecule has 0 aromatic heterocycles. The first kappa shape index (κ1) is 11.2. The van der Waals surface area contributed by atoms with Gasteiger partial charge < -0.3 is 0 Å². The van der Waals surface area contributed by atoms with Gasteiger partial charge in [0.2, 0.25) is 0 Å². The van der Waals surface area contributed by atoms with Crippen molar-refractivity contribution < 1.29 is 0 Å². The largest absolute Gasteiger partial charge is 0.289 e. The van der Waals surface area contributed by atoms with Crippen LogP contribution in [0.2, 0.25) is 0 Å². The van der Waals surface area contributed by atoms with Gasteiger partial charge in [-0.25, -0.2) is 0 Å². The molecule has 2 aromatic rings. The van der Waals surface area contributed by atoms with Crippen molar-refractivity contribution in [3.05, 3.63) is 71.8 Å². The fourth-order valence-electron chi connectivity index (χ4n) is 3.57. The summed E-state index contributed by atoms with van der Waals surface area (Å²) in [4.78, 5) is 2.72. The Bertz CT molecular complexity index is 548. The zero-order chi connectivity index (χ0) is 12.7. The Morgan fingerprint density at radius 3 is 2.26 bits per heavy atom. The molecule has 1 heterocycles. The molecule has 96 valence electrons. The molecule has 0 bridgehead atoms. The Balaban J connectivity index is 1.59. The lowest BCUT2D eigenvalue weighted by Gasteiger charge is -2.28. The predicted octanol–water partition coefficient (Wildman–Crippen LogP) is 4.02. The second-order valence-corrected chi connectivity index (χ2v) is 5.88. The number of likely N-dealkylation sites (tertiary alicyclic amines) is 1. The molecule has 0 N–H and O–H groups in total. The van der Waals surface area contributed by atoms with Crippen LogP contribution in [-0.4, -0.2) is 10.9 Å². The van der Waals surface area contributed by atoms with E-state index in [2.05, 4.69) is 65.6 Å². The molecule has 3 atom stereocenters. The third-order valence-electron chi connectivity index (χ3n) is 4.63. The lowest BCUT2D eigenvalue weighted by atomic mass is 10.0. The van der Waals surface area contributed by atoms with Gasteiger partial charge in [-0.3, -0.25) is 4.90 Å². The number of benzene rings is 2. The van der Waals surface area contributed by atoms with E-state index in [4.69, 9.17) is 0 Å². The van der Waals surface area contributed by atoms with E-state index in [0.29, 0.717) is 6.04 Å². The van der Waals surface area contributed by atoms with Crippen molar-refractivity contribution in [3.8, 4) is 0 Å². The minimum atomic E-state index is 0.630. The number of fused-ring (bicyclic) bond motifs is 1. The van der Waals surface area contributed by atoms with E-state index in [0.717, 1.165) is 18.5 Å². The zero-order valence-corrected chi connectivity index (χ0v) is 11.1. The van der Waals surface area contributed by atoms with Gasteiger partial charge in [-0.2, -0.15) is 0 Å². The molecule has 19 heavy (non-hydrogen) atoms. The van der Waals surface area contributed by atoms with E-state index >= 15 is 0 Å². The van der Waals surface area contributed by atoms with Gasteiger partial charge in [0, 0.05) is 18.6 Å². The minimum Gasteiger partial charge on any atom is -0.289 e. The van der Waals surface area contributed by atoms with E-state index < -0.39 is 0 Å². The molecule has 2 aromatic carbocycles. The summed E-state index contributed by atoms with van der Waals surface area (Å²) in [5.41, 5.74) is 2.93. The van der Waals surface area contributed by atoms with Crippen LogP contribution in [0.4, 0.5) is 0 Å². The Kier molecular flexibility index (Phi) is 2.66. The van der Waals surface area contributed by atoms with Crippen molar-refractivity contribution in [2.24, 2.45) is 5.92 Å². The van der Waals surface area contributed by atoms with Gasteiger partial charge in [-0.15, -0.1) is 0 Å². The SMILES string of the molecule is c1ccc(CN2[C@@H]3C[C@@H]3C[C@H]2c2ccccc2)cc1. The highest BCUT2D eigenvalue weighted by molar-refractivity contribution is 5.25. The van der Waals surface area contributed by atoms with E-state index in [1.54, 1.807) is 0 Å². The van der Waals surface area contributed by atoms with E-state index in [-0.39, 0.29) is 0 Å². The number of rotatable bonds is 3. The fraction of sp³-hybridized carbons (Fsp3) is 0.333. The molecule has 0 radical (unpaired) electrons. The maximum absolute atomic E-state index is 2.72. The summed E-state index contributed by atoms with van der Waals surface area (Å²) < 4.78 is 0. The molecule has 0 unspecified atom stereocenters. The van der Waals surface area contributed by atoms with Crippen LogP contribution in [0.5, 0.6) is 0 Å². The third-order valence-corrected chi connectivity index (χ3v) is 4.63. The van der Waals surface area contributed by atoms with Crippen molar-refractivity contribution >= 4 is 0 Å². The summed E-state index contributed by atoms with van der Waals surface area (Å²) in [5, 5.41) is 0. The molecule has 1 saturated heterocycles.